The molecular formula is C23H27N. The van der Waals surface area contributed by atoms with Crippen LogP contribution in [0, 0.1) is 0 Å². The Hall–Kier alpha value is -2.12. The zero-order chi connectivity index (χ0) is 16.8. The molecule has 0 aliphatic heterocycles. The van der Waals surface area contributed by atoms with E-state index >= 15 is 0 Å². The molecular weight excluding hydrogens is 290 g/mol. The highest BCUT2D eigenvalue weighted by molar-refractivity contribution is 5.83. The summed E-state index contributed by atoms with van der Waals surface area (Å²) < 4.78 is 0. The third kappa shape index (κ3) is 4.46. The monoisotopic (exact) mass is 317 g/mol. The molecule has 0 aliphatic carbocycles. The average Bonchev–Trinajstić information content (AvgIpc) is 2.65. The Morgan fingerprint density at radius 3 is 2.29 bits per heavy atom. The van der Waals surface area contributed by atoms with Gasteiger partial charge >= 0.3 is 0 Å². The van der Waals surface area contributed by atoms with Crippen molar-refractivity contribution < 1.29 is 0 Å². The van der Waals surface area contributed by atoms with E-state index in [1.54, 1.807) is 0 Å². The van der Waals surface area contributed by atoms with Crippen molar-refractivity contribution >= 4 is 10.8 Å². The second-order valence-electron chi connectivity index (χ2n) is 6.84. The Balaban J connectivity index is 1.51. The van der Waals surface area contributed by atoms with Crippen LogP contribution in [0.3, 0.4) is 0 Å². The van der Waals surface area contributed by atoms with Gasteiger partial charge in [-0.05, 0) is 54.3 Å². The van der Waals surface area contributed by atoms with Crippen LogP contribution in [0.25, 0.3) is 10.8 Å². The van der Waals surface area contributed by atoms with Gasteiger partial charge in [0.25, 0.3) is 0 Å². The van der Waals surface area contributed by atoms with Crippen LogP contribution in [0.1, 0.15) is 30.4 Å². The lowest BCUT2D eigenvalue weighted by Crippen LogP contribution is -2.23. The van der Waals surface area contributed by atoms with Crippen molar-refractivity contribution in [3.05, 3.63) is 83.9 Å². The fourth-order valence-electron chi connectivity index (χ4n) is 3.17. The van der Waals surface area contributed by atoms with E-state index in [0.29, 0.717) is 5.92 Å². The average molecular weight is 317 g/mol. The lowest BCUT2D eigenvalue weighted by molar-refractivity contribution is 0.324. The topological polar surface area (TPSA) is 3.24 Å². The summed E-state index contributed by atoms with van der Waals surface area (Å²) >= 11 is 0. The zero-order valence-electron chi connectivity index (χ0n) is 14.8. The number of hydrogen-bond donors (Lipinski definition) is 0. The summed E-state index contributed by atoms with van der Waals surface area (Å²) in [5, 5.41) is 2.67. The molecule has 3 aromatic carbocycles. The summed E-state index contributed by atoms with van der Waals surface area (Å²) in [6.07, 6.45) is 2.32. The molecule has 0 bridgehead atoms. The summed E-state index contributed by atoms with van der Waals surface area (Å²) in [5.41, 5.74) is 2.87. The molecule has 1 heteroatoms. The van der Waals surface area contributed by atoms with Crippen LogP contribution in [0.4, 0.5) is 0 Å². The fraction of sp³-hybridized carbons (Fsp3) is 0.304. The molecule has 0 radical (unpaired) electrons. The van der Waals surface area contributed by atoms with Gasteiger partial charge in [0.05, 0.1) is 0 Å². The molecule has 1 nitrogen and oxygen atoms in total. The minimum atomic E-state index is 0.591. The number of likely N-dealkylation sites (N-methyl/N-ethyl adjacent to an activating group) is 1. The lowest BCUT2D eigenvalue weighted by atomic mass is 9.95. The van der Waals surface area contributed by atoms with Crippen molar-refractivity contribution in [3.8, 4) is 0 Å². The number of nitrogens with zero attached hydrogens (tertiary/aromatic N) is 1. The first-order valence-corrected chi connectivity index (χ1v) is 8.93. The van der Waals surface area contributed by atoms with Crippen molar-refractivity contribution in [2.45, 2.75) is 25.7 Å². The highest BCUT2D eigenvalue weighted by atomic mass is 15.1. The van der Waals surface area contributed by atoms with Crippen LogP contribution in [-0.4, -0.2) is 25.0 Å². The molecule has 24 heavy (non-hydrogen) atoms. The molecule has 0 aromatic heterocycles. The fourth-order valence-corrected chi connectivity index (χ4v) is 3.17. The van der Waals surface area contributed by atoms with Crippen LogP contribution in [0.2, 0.25) is 0 Å². The lowest BCUT2D eigenvalue weighted by Gasteiger charge is -2.20. The first kappa shape index (κ1) is 16.7. The molecule has 0 saturated carbocycles. The van der Waals surface area contributed by atoms with E-state index in [4.69, 9.17) is 0 Å². The molecule has 3 rings (SSSR count). The van der Waals surface area contributed by atoms with E-state index in [9.17, 15) is 0 Å². The van der Waals surface area contributed by atoms with E-state index in [1.807, 2.05) is 0 Å². The van der Waals surface area contributed by atoms with Gasteiger partial charge < -0.3 is 4.90 Å². The van der Waals surface area contributed by atoms with Crippen molar-refractivity contribution in [2.75, 3.05) is 20.1 Å². The van der Waals surface area contributed by atoms with Crippen molar-refractivity contribution in [1.29, 1.82) is 0 Å². The number of benzene rings is 3. The Labute approximate surface area is 145 Å². The minimum Gasteiger partial charge on any atom is -0.306 e. The van der Waals surface area contributed by atoms with Gasteiger partial charge in [-0.25, -0.2) is 0 Å². The zero-order valence-corrected chi connectivity index (χ0v) is 14.8. The molecule has 0 fully saturated rings. The van der Waals surface area contributed by atoms with Crippen molar-refractivity contribution in [2.24, 2.45) is 0 Å². The molecule has 124 valence electrons. The molecule has 0 amide bonds. The molecule has 0 spiro atoms. The van der Waals surface area contributed by atoms with Crippen LogP contribution in [0.5, 0.6) is 0 Å². The van der Waals surface area contributed by atoms with Crippen molar-refractivity contribution in [3.63, 3.8) is 0 Å². The van der Waals surface area contributed by atoms with Gasteiger partial charge in [0, 0.05) is 6.54 Å². The summed E-state index contributed by atoms with van der Waals surface area (Å²) in [5.74, 6) is 0.591. The van der Waals surface area contributed by atoms with E-state index in [0.717, 1.165) is 19.5 Å². The quantitative estimate of drug-likeness (QED) is 0.555. The molecule has 1 atom stereocenters. The Bertz CT molecular complexity index is 763. The second kappa shape index (κ2) is 8.12. The van der Waals surface area contributed by atoms with Gasteiger partial charge in [-0.1, -0.05) is 79.7 Å². The van der Waals surface area contributed by atoms with Gasteiger partial charge in [-0.2, -0.15) is 0 Å². The third-order valence-corrected chi connectivity index (χ3v) is 4.91. The summed E-state index contributed by atoms with van der Waals surface area (Å²) in [4.78, 5) is 2.45. The predicted octanol–water partition coefficient (Wildman–Crippen LogP) is 5.51. The van der Waals surface area contributed by atoms with E-state index < -0.39 is 0 Å². The van der Waals surface area contributed by atoms with E-state index in [2.05, 4.69) is 91.7 Å². The molecule has 0 saturated heterocycles. The van der Waals surface area contributed by atoms with Crippen LogP contribution in [-0.2, 0) is 6.42 Å². The highest BCUT2D eigenvalue weighted by Crippen LogP contribution is 2.24. The normalized spacial score (nSPS) is 12.6. The van der Waals surface area contributed by atoms with Crippen LogP contribution >= 0.6 is 0 Å². The minimum absolute atomic E-state index is 0.591. The molecule has 3 aromatic rings. The smallest absolute Gasteiger partial charge is 0.00188 e. The van der Waals surface area contributed by atoms with Gasteiger partial charge in [0.1, 0.15) is 0 Å². The van der Waals surface area contributed by atoms with Crippen LogP contribution < -0.4 is 0 Å². The Morgan fingerprint density at radius 1 is 0.792 bits per heavy atom. The van der Waals surface area contributed by atoms with Crippen LogP contribution in [0.15, 0.2) is 72.8 Å². The Kier molecular flexibility index (Phi) is 5.66. The van der Waals surface area contributed by atoms with Gasteiger partial charge in [-0.3, -0.25) is 0 Å². The van der Waals surface area contributed by atoms with Gasteiger partial charge in [0.2, 0.25) is 0 Å². The second-order valence-corrected chi connectivity index (χ2v) is 6.84. The maximum atomic E-state index is 2.45. The third-order valence-electron chi connectivity index (χ3n) is 4.91. The maximum Gasteiger partial charge on any atom is 0.00188 e. The number of rotatable bonds is 7. The van der Waals surface area contributed by atoms with Gasteiger partial charge in [0.15, 0.2) is 0 Å². The summed E-state index contributed by atoms with van der Waals surface area (Å²) in [6.45, 7) is 4.60. The first-order valence-electron chi connectivity index (χ1n) is 8.93. The number of fused-ring (bicyclic) bond motifs is 1. The summed E-state index contributed by atoms with van der Waals surface area (Å²) in [6, 6.07) is 26.3. The SMILES string of the molecule is CC(CCN(C)CCc1ccccc1)c1ccc2ccccc2c1. The maximum absolute atomic E-state index is 2.45. The molecule has 0 heterocycles. The highest BCUT2D eigenvalue weighted by Gasteiger charge is 2.08. The predicted molar refractivity (Wildman–Crippen MR) is 105 cm³/mol. The van der Waals surface area contributed by atoms with E-state index in [1.165, 1.54) is 28.3 Å². The Morgan fingerprint density at radius 2 is 1.50 bits per heavy atom. The van der Waals surface area contributed by atoms with Crippen molar-refractivity contribution in [1.82, 2.24) is 4.90 Å². The number of hydrogen-bond acceptors (Lipinski definition) is 1. The largest absolute Gasteiger partial charge is 0.306 e. The molecule has 0 N–H and O–H groups in total. The molecule has 0 aliphatic rings. The van der Waals surface area contributed by atoms with Gasteiger partial charge in [-0.15, -0.1) is 0 Å². The first-order chi connectivity index (χ1) is 11.7. The van der Waals surface area contributed by atoms with E-state index in [-0.39, 0.29) is 0 Å². The standard InChI is InChI=1S/C23H27N/c1-19(22-13-12-21-10-6-7-11-23(21)18-22)14-16-24(2)17-15-20-8-4-3-5-9-20/h3-13,18-19H,14-17H2,1-2H3. The molecule has 1 unspecified atom stereocenters. The summed E-state index contributed by atoms with van der Waals surface area (Å²) in [7, 11) is 2.23.